The topological polar surface area (TPSA) is 63.7 Å². The Morgan fingerprint density at radius 3 is 2.06 bits per heavy atom. The van der Waals surface area contributed by atoms with Gasteiger partial charge in [-0.3, -0.25) is 14.5 Å². The number of furan rings is 2. The van der Waals surface area contributed by atoms with Gasteiger partial charge in [0.05, 0.1) is 0 Å². The van der Waals surface area contributed by atoms with Crippen LogP contribution >= 0.6 is 15.9 Å². The number of rotatable bonds is 2. The number of carbonyl (C=O) groups is 2. The molecule has 2 aromatic heterocycles. The van der Waals surface area contributed by atoms with Crippen LogP contribution in [0.5, 0.6) is 0 Å². The molecule has 0 radical (unpaired) electrons. The Labute approximate surface area is 111 Å². The molecule has 6 heteroatoms. The van der Waals surface area contributed by atoms with Crippen molar-refractivity contribution in [1.29, 1.82) is 0 Å². The van der Waals surface area contributed by atoms with E-state index in [4.69, 9.17) is 8.83 Å². The Balaban J connectivity index is 2.19. The minimum absolute atomic E-state index is 0.0843. The Morgan fingerprint density at radius 1 is 1.06 bits per heavy atom. The number of nitrogens with zero attached hydrogens (tertiary/aromatic N) is 1. The molecule has 2 aromatic rings. The van der Waals surface area contributed by atoms with Gasteiger partial charge in [0.15, 0.2) is 16.2 Å². The van der Waals surface area contributed by atoms with Crippen molar-refractivity contribution in [3.05, 3.63) is 46.2 Å². The van der Waals surface area contributed by atoms with E-state index in [-0.39, 0.29) is 11.5 Å². The summed E-state index contributed by atoms with van der Waals surface area (Å²) in [4.78, 5) is 24.8. The van der Waals surface area contributed by atoms with Gasteiger partial charge in [-0.25, -0.2) is 0 Å². The summed E-state index contributed by atoms with van der Waals surface area (Å²) >= 11 is 3.09. The average molecular weight is 312 g/mol. The largest absolute Gasteiger partial charge is 0.456 e. The Kier molecular flexibility index (Phi) is 3.38. The van der Waals surface area contributed by atoms with E-state index in [0.29, 0.717) is 10.4 Å². The lowest BCUT2D eigenvalue weighted by Gasteiger charge is -2.11. The highest BCUT2D eigenvalue weighted by Crippen LogP contribution is 2.17. The van der Waals surface area contributed by atoms with E-state index in [1.165, 1.54) is 19.2 Å². The molecule has 0 N–H and O–H groups in total. The maximum atomic E-state index is 11.9. The lowest BCUT2D eigenvalue weighted by atomic mass is 10.3. The van der Waals surface area contributed by atoms with Crippen molar-refractivity contribution in [3.63, 3.8) is 0 Å². The molecule has 94 valence electrons. The second kappa shape index (κ2) is 4.81. The first kappa shape index (κ1) is 12.6. The van der Waals surface area contributed by atoms with Crippen molar-refractivity contribution in [2.75, 3.05) is 7.05 Å². The second-order valence-electron chi connectivity index (χ2n) is 3.68. The highest BCUT2D eigenvalue weighted by molar-refractivity contribution is 9.10. The Bertz CT molecular complexity index is 546. The zero-order chi connectivity index (χ0) is 13.3. The minimum Gasteiger partial charge on any atom is -0.456 e. The van der Waals surface area contributed by atoms with Crippen LogP contribution < -0.4 is 0 Å². The van der Waals surface area contributed by atoms with Gasteiger partial charge >= 0.3 is 0 Å². The van der Waals surface area contributed by atoms with E-state index in [2.05, 4.69) is 15.9 Å². The first-order valence-corrected chi connectivity index (χ1v) is 5.92. The molecule has 0 fully saturated rings. The van der Waals surface area contributed by atoms with E-state index in [9.17, 15) is 9.59 Å². The van der Waals surface area contributed by atoms with Crippen molar-refractivity contribution < 1.29 is 18.4 Å². The molecule has 2 amide bonds. The van der Waals surface area contributed by atoms with Gasteiger partial charge in [-0.1, -0.05) is 0 Å². The zero-order valence-electron chi connectivity index (χ0n) is 9.77. The van der Waals surface area contributed by atoms with Gasteiger partial charge < -0.3 is 8.83 Å². The van der Waals surface area contributed by atoms with Crippen LogP contribution in [0.25, 0.3) is 0 Å². The zero-order valence-corrected chi connectivity index (χ0v) is 11.4. The predicted octanol–water partition coefficient (Wildman–Crippen LogP) is 2.86. The molecule has 0 saturated carbocycles. The van der Waals surface area contributed by atoms with Crippen LogP contribution in [0.15, 0.2) is 37.8 Å². The van der Waals surface area contributed by atoms with Gasteiger partial charge in [-0.2, -0.15) is 0 Å². The molecule has 0 unspecified atom stereocenters. The van der Waals surface area contributed by atoms with Crippen molar-refractivity contribution in [1.82, 2.24) is 4.90 Å². The predicted molar refractivity (Wildman–Crippen MR) is 66.3 cm³/mol. The first-order valence-electron chi connectivity index (χ1n) is 5.13. The lowest BCUT2D eigenvalue weighted by molar-refractivity contribution is 0.0617. The fraction of sp³-hybridized carbons (Fsp3) is 0.167. The molecule has 0 aliphatic carbocycles. The monoisotopic (exact) mass is 311 g/mol. The summed E-state index contributed by atoms with van der Waals surface area (Å²) in [5.74, 6) is -0.227. The van der Waals surface area contributed by atoms with Crippen LogP contribution in [-0.2, 0) is 0 Å². The van der Waals surface area contributed by atoms with Gasteiger partial charge in [0, 0.05) is 7.05 Å². The van der Waals surface area contributed by atoms with Gasteiger partial charge in [-0.15, -0.1) is 0 Å². The normalized spacial score (nSPS) is 10.4. The number of carbonyl (C=O) groups excluding carboxylic acids is 2. The third kappa shape index (κ3) is 2.38. The molecule has 18 heavy (non-hydrogen) atoms. The third-order valence-corrected chi connectivity index (χ3v) is 2.77. The lowest BCUT2D eigenvalue weighted by Crippen LogP contribution is -2.32. The Morgan fingerprint density at radius 2 is 1.61 bits per heavy atom. The van der Waals surface area contributed by atoms with Crippen LogP contribution in [-0.4, -0.2) is 23.8 Å². The number of aryl methyl sites for hydroxylation is 1. The highest BCUT2D eigenvalue weighted by Gasteiger charge is 2.24. The molecule has 0 spiro atoms. The van der Waals surface area contributed by atoms with E-state index >= 15 is 0 Å². The van der Waals surface area contributed by atoms with E-state index < -0.39 is 11.8 Å². The van der Waals surface area contributed by atoms with Crippen LogP contribution in [0.3, 0.4) is 0 Å². The molecular formula is C12H10BrNO4. The molecule has 0 aliphatic heterocycles. The van der Waals surface area contributed by atoms with Crippen LogP contribution in [0.2, 0.25) is 0 Å². The Hall–Kier alpha value is -1.82. The minimum atomic E-state index is -0.528. The van der Waals surface area contributed by atoms with Crippen LogP contribution in [0.4, 0.5) is 0 Å². The van der Waals surface area contributed by atoms with Gasteiger partial charge in [0.2, 0.25) is 0 Å². The summed E-state index contributed by atoms with van der Waals surface area (Å²) < 4.78 is 10.7. The fourth-order valence-electron chi connectivity index (χ4n) is 1.40. The average Bonchev–Trinajstić information content (AvgIpc) is 2.95. The quantitative estimate of drug-likeness (QED) is 0.800. The fourth-order valence-corrected chi connectivity index (χ4v) is 1.71. The molecule has 0 bridgehead atoms. The number of amides is 2. The summed E-state index contributed by atoms with van der Waals surface area (Å²) in [7, 11) is 1.37. The van der Waals surface area contributed by atoms with Crippen molar-refractivity contribution in [2.45, 2.75) is 6.92 Å². The van der Waals surface area contributed by atoms with E-state index in [1.807, 2.05) is 0 Å². The summed E-state index contributed by atoms with van der Waals surface area (Å²) in [6, 6.07) is 6.26. The van der Waals surface area contributed by atoms with Crippen molar-refractivity contribution >= 4 is 27.7 Å². The first-order chi connectivity index (χ1) is 8.49. The summed E-state index contributed by atoms with van der Waals surface area (Å²) in [6.45, 7) is 1.72. The van der Waals surface area contributed by atoms with Crippen molar-refractivity contribution in [3.8, 4) is 0 Å². The molecule has 0 atom stereocenters. The van der Waals surface area contributed by atoms with Gasteiger partial charge in [0.1, 0.15) is 5.76 Å². The summed E-state index contributed by atoms with van der Waals surface area (Å²) in [6.07, 6.45) is 0. The molecule has 5 nitrogen and oxygen atoms in total. The third-order valence-electron chi connectivity index (χ3n) is 2.34. The summed E-state index contributed by atoms with van der Waals surface area (Å²) in [5, 5.41) is 0. The molecular weight excluding hydrogens is 302 g/mol. The highest BCUT2D eigenvalue weighted by atomic mass is 79.9. The molecule has 0 aromatic carbocycles. The smallest absolute Gasteiger partial charge is 0.296 e. The number of hydrogen-bond acceptors (Lipinski definition) is 4. The van der Waals surface area contributed by atoms with E-state index in [0.717, 1.165) is 4.90 Å². The molecule has 2 heterocycles. The van der Waals surface area contributed by atoms with Crippen molar-refractivity contribution in [2.24, 2.45) is 0 Å². The second-order valence-corrected chi connectivity index (χ2v) is 4.46. The number of halogens is 1. The van der Waals surface area contributed by atoms with Crippen LogP contribution in [0, 0.1) is 6.92 Å². The maximum Gasteiger partial charge on any atom is 0.296 e. The molecule has 0 saturated heterocycles. The van der Waals surface area contributed by atoms with Gasteiger partial charge in [-0.05, 0) is 47.1 Å². The summed E-state index contributed by atoms with van der Waals surface area (Å²) in [5.41, 5.74) is 0. The SMILES string of the molecule is Cc1ccc(C(=O)N(C)C(=O)c2ccc(Br)o2)o1. The van der Waals surface area contributed by atoms with Crippen LogP contribution in [0.1, 0.15) is 26.9 Å². The number of hydrogen-bond donors (Lipinski definition) is 0. The molecule has 0 aliphatic rings. The molecule has 2 rings (SSSR count). The number of imide groups is 1. The standard InChI is InChI=1S/C12H10BrNO4/c1-7-3-4-8(17-7)11(15)14(2)12(16)9-5-6-10(13)18-9/h3-6H,1-2H3. The van der Waals surface area contributed by atoms with E-state index in [1.54, 1.807) is 19.1 Å². The maximum absolute atomic E-state index is 11.9. The van der Waals surface area contributed by atoms with Gasteiger partial charge in [0.25, 0.3) is 11.8 Å².